The molecule has 2 aliphatic rings. The second-order valence-electron chi connectivity index (χ2n) is 14.3. The van der Waals surface area contributed by atoms with Gasteiger partial charge in [-0.2, -0.15) is 0 Å². The first-order chi connectivity index (χ1) is 23.4. The maximum absolute atomic E-state index is 14.3. The van der Waals surface area contributed by atoms with Gasteiger partial charge in [0.25, 0.3) is 11.8 Å². The summed E-state index contributed by atoms with van der Waals surface area (Å²) in [6, 6.07) is 4.14. The Morgan fingerprint density at radius 2 is 1.64 bits per heavy atom. The molecular weight excluding hydrogens is 649 g/mol. The van der Waals surface area contributed by atoms with Crippen LogP contribution < -0.4 is 9.64 Å². The van der Waals surface area contributed by atoms with E-state index in [0.29, 0.717) is 36.5 Å². The molecule has 1 aromatic heterocycles. The lowest BCUT2D eigenvalue weighted by molar-refractivity contribution is -0.134. The van der Waals surface area contributed by atoms with Crippen molar-refractivity contribution in [3.8, 4) is 11.6 Å². The highest BCUT2D eigenvalue weighted by atomic mass is 19.1. The minimum atomic E-state index is -1.26. The molecule has 50 heavy (non-hydrogen) atoms. The molecule has 0 saturated carbocycles. The molecule has 0 bridgehead atoms. The van der Waals surface area contributed by atoms with Gasteiger partial charge in [-0.25, -0.2) is 19.0 Å². The number of benzene rings is 1. The first-order valence-electron chi connectivity index (χ1n) is 16.9. The molecule has 2 atom stereocenters. The molecule has 15 heteroatoms. The molecule has 1 spiro atoms. The number of hydrogen-bond donors (Lipinski definition) is 3. The molecule has 2 aromatic rings. The third-order valence-corrected chi connectivity index (χ3v) is 8.81. The fourth-order valence-corrected chi connectivity index (χ4v) is 6.79. The molecule has 1 aromatic carbocycles. The van der Waals surface area contributed by atoms with Gasteiger partial charge in [-0.3, -0.25) is 9.69 Å². The van der Waals surface area contributed by atoms with Crippen LogP contribution in [0.4, 0.5) is 10.2 Å². The minimum Gasteiger partial charge on any atom is -0.478 e. The lowest BCUT2D eigenvalue weighted by atomic mass is 9.76. The van der Waals surface area contributed by atoms with E-state index in [2.05, 4.69) is 38.8 Å². The van der Waals surface area contributed by atoms with Gasteiger partial charge < -0.3 is 34.8 Å². The summed E-state index contributed by atoms with van der Waals surface area (Å²) in [5, 5.41) is 34.4. The Kier molecular flexibility index (Phi) is 14.2. The number of rotatable bonds is 14. The highest BCUT2D eigenvalue weighted by molar-refractivity contribution is 5.97. The number of carbonyl (C=O) groups excluding carboxylic acids is 1. The number of aliphatic carboxylic acids is 2. The summed E-state index contributed by atoms with van der Waals surface area (Å²) in [6.07, 6.45) is 3.93. The second-order valence-corrected chi connectivity index (χ2v) is 14.3. The number of aliphatic hydroxyl groups is 1. The molecule has 4 rings (SSSR count). The average molecular weight is 702 g/mol. The number of nitrogens with zero attached hydrogens (tertiary/aromatic N) is 7. The van der Waals surface area contributed by atoms with E-state index in [0.717, 1.165) is 39.0 Å². The van der Waals surface area contributed by atoms with Crippen LogP contribution in [0, 0.1) is 17.2 Å². The van der Waals surface area contributed by atoms with Gasteiger partial charge in [-0.05, 0) is 78.7 Å². The molecule has 14 nitrogen and oxygen atoms in total. The molecule has 1 amide bonds. The Balaban J connectivity index is 0.000000753. The van der Waals surface area contributed by atoms with E-state index < -0.39 is 17.8 Å². The van der Waals surface area contributed by atoms with Crippen LogP contribution >= 0.6 is 0 Å². The normalized spacial score (nSPS) is 16.9. The van der Waals surface area contributed by atoms with E-state index in [1.807, 2.05) is 46.7 Å². The molecule has 2 saturated heterocycles. The monoisotopic (exact) mass is 701 g/mol. The summed E-state index contributed by atoms with van der Waals surface area (Å²) in [5.74, 6) is -1.92. The lowest BCUT2D eigenvalue weighted by Crippen LogP contribution is -2.62. The van der Waals surface area contributed by atoms with Crippen LogP contribution in [0.1, 0.15) is 64.7 Å². The third-order valence-electron chi connectivity index (χ3n) is 8.81. The zero-order valence-corrected chi connectivity index (χ0v) is 30.3. The fourth-order valence-electron chi connectivity index (χ4n) is 6.79. The Labute approximate surface area is 293 Å². The zero-order chi connectivity index (χ0) is 37.3. The van der Waals surface area contributed by atoms with Crippen molar-refractivity contribution in [1.29, 1.82) is 0 Å². The quantitative estimate of drug-likeness (QED) is 0.244. The van der Waals surface area contributed by atoms with Crippen LogP contribution in [0.2, 0.25) is 0 Å². The lowest BCUT2D eigenvalue weighted by Gasteiger charge is -2.53. The Bertz CT molecular complexity index is 1470. The summed E-state index contributed by atoms with van der Waals surface area (Å²) in [5.41, 5.74) is 0.270. The Morgan fingerprint density at radius 1 is 1.02 bits per heavy atom. The minimum absolute atomic E-state index is 0.0725. The Morgan fingerprint density at radius 3 is 2.18 bits per heavy atom. The van der Waals surface area contributed by atoms with Crippen molar-refractivity contribution in [2.75, 3.05) is 51.7 Å². The van der Waals surface area contributed by atoms with Gasteiger partial charge in [0.2, 0.25) is 0 Å². The van der Waals surface area contributed by atoms with Crippen molar-refractivity contribution < 1.29 is 38.8 Å². The van der Waals surface area contributed by atoms with Crippen LogP contribution in [0.3, 0.4) is 0 Å². The van der Waals surface area contributed by atoms with Gasteiger partial charge in [0.15, 0.2) is 5.82 Å². The maximum atomic E-state index is 14.3. The van der Waals surface area contributed by atoms with Crippen molar-refractivity contribution in [1.82, 2.24) is 29.9 Å². The maximum Gasteiger partial charge on any atom is 0.328 e. The molecular formula is C35H52FN7O7. The predicted molar refractivity (Wildman–Crippen MR) is 186 cm³/mol. The molecule has 0 radical (unpaired) electrons. The van der Waals surface area contributed by atoms with Crippen LogP contribution in [0.15, 0.2) is 36.7 Å². The average Bonchev–Trinajstić information content (AvgIpc) is 3.44. The standard InChI is InChI=1S/C31H48FN7O3.C4H4O4/c1-20(2)26(14-24(40)15-36(7)8)38-17-31(18-38)11-12-37(16-31)28-29(35-34-19-33-28)42-27-10-9-23(32)13-25(27)30(41)39(21(3)4)22(5)6;5-3(6)1-2-4(7)8/h9-10,13,19-22,24,26,40H,11-12,14-18H2,1-8H3;1-2H,(H,5,6)(H,7,8)/b;2-1+/t24-,26-;/m1./s1. The van der Waals surface area contributed by atoms with E-state index in [4.69, 9.17) is 14.9 Å². The first kappa shape index (κ1) is 40.2. The van der Waals surface area contributed by atoms with Crippen molar-refractivity contribution in [2.45, 2.75) is 78.6 Å². The topological polar surface area (TPSA) is 173 Å². The second kappa shape index (κ2) is 17.6. The van der Waals surface area contributed by atoms with Crippen LogP contribution in [0.25, 0.3) is 0 Å². The highest BCUT2D eigenvalue weighted by Gasteiger charge is 2.50. The smallest absolute Gasteiger partial charge is 0.328 e. The number of carbonyl (C=O) groups is 3. The van der Waals surface area contributed by atoms with Gasteiger partial charge in [-0.1, -0.05) is 13.8 Å². The number of carboxylic acids is 2. The molecule has 3 N–H and O–H groups in total. The summed E-state index contributed by atoms with van der Waals surface area (Å²) in [4.78, 5) is 45.5. The summed E-state index contributed by atoms with van der Waals surface area (Å²) in [7, 11) is 3.97. The molecule has 2 fully saturated rings. The third kappa shape index (κ3) is 10.9. The number of likely N-dealkylation sites (tertiary alicyclic amines) is 1. The molecule has 2 aliphatic heterocycles. The first-order valence-corrected chi connectivity index (χ1v) is 16.9. The van der Waals surface area contributed by atoms with Crippen molar-refractivity contribution in [3.05, 3.63) is 48.1 Å². The van der Waals surface area contributed by atoms with Gasteiger partial charge in [-0.15, -0.1) is 10.2 Å². The summed E-state index contributed by atoms with van der Waals surface area (Å²) in [6.45, 7) is 16.4. The molecule has 276 valence electrons. The number of aliphatic hydroxyl groups excluding tert-OH is 1. The van der Waals surface area contributed by atoms with E-state index in [-0.39, 0.29) is 46.7 Å². The van der Waals surface area contributed by atoms with Gasteiger partial charge >= 0.3 is 11.9 Å². The van der Waals surface area contributed by atoms with Crippen LogP contribution in [-0.4, -0.2) is 134 Å². The molecule has 3 heterocycles. The van der Waals surface area contributed by atoms with Gasteiger partial charge in [0.05, 0.1) is 11.7 Å². The number of amides is 1. The molecule has 0 unspecified atom stereocenters. The number of halogens is 1. The van der Waals surface area contributed by atoms with Crippen molar-refractivity contribution >= 4 is 23.7 Å². The van der Waals surface area contributed by atoms with E-state index >= 15 is 0 Å². The largest absolute Gasteiger partial charge is 0.478 e. The van der Waals surface area contributed by atoms with Gasteiger partial charge in [0, 0.05) is 68.4 Å². The summed E-state index contributed by atoms with van der Waals surface area (Å²) >= 11 is 0. The van der Waals surface area contributed by atoms with Gasteiger partial charge in [0.1, 0.15) is 17.9 Å². The molecule has 0 aliphatic carbocycles. The van der Waals surface area contributed by atoms with Crippen LogP contribution in [-0.2, 0) is 9.59 Å². The summed E-state index contributed by atoms with van der Waals surface area (Å²) < 4.78 is 20.5. The zero-order valence-electron chi connectivity index (χ0n) is 30.3. The van der Waals surface area contributed by atoms with Crippen molar-refractivity contribution in [2.24, 2.45) is 11.3 Å². The SMILES string of the molecule is CC(C)[C@@H](C[C@@H](O)CN(C)C)N1CC2(CCN(c3ncnnc3Oc3ccc(F)cc3C(=O)N(C(C)C)C(C)C)C2)C1.O=C(O)/C=C/C(=O)O. The number of ether oxygens (including phenoxy) is 1. The highest BCUT2D eigenvalue weighted by Crippen LogP contribution is 2.44. The van der Waals surface area contributed by atoms with Crippen LogP contribution in [0.5, 0.6) is 11.6 Å². The number of aromatic nitrogens is 3. The Hall–Kier alpha value is -4.21. The van der Waals surface area contributed by atoms with E-state index in [9.17, 15) is 23.9 Å². The predicted octanol–water partition coefficient (Wildman–Crippen LogP) is 3.62. The van der Waals surface area contributed by atoms with E-state index in [1.54, 1.807) is 4.90 Å². The number of carboxylic acid groups (broad SMARTS) is 2. The van der Waals surface area contributed by atoms with Crippen molar-refractivity contribution in [3.63, 3.8) is 0 Å². The van der Waals surface area contributed by atoms with E-state index in [1.165, 1.54) is 24.5 Å². The fraction of sp³-hybridized carbons (Fsp3) is 0.600. The number of hydrogen-bond acceptors (Lipinski definition) is 11. The number of anilines is 1. The number of likely N-dealkylation sites (N-methyl/N-ethyl adjacent to an activating group) is 1.